The van der Waals surface area contributed by atoms with Crippen molar-refractivity contribution < 1.29 is 9.53 Å². The lowest BCUT2D eigenvalue weighted by molar-refractivity contribution is 0.0787. The van der Waals surface area contributed by atoms with Crippen LogP contribution in [0.4, 0.5) is 11.4 Å². The number of hydrogen-bond acceptors (Lipinski definition) is 4. The minimum atomic E-state index is -0.145. The number of nitrogen functional groups attached to an aromatic ring is 1. The quantitative estimate of drug-likeness (QED) is 0.519. The Labute approximate surface area is 114 Å². The van der Waals surface area contributed by atoms with Gasteiger partial charge < -0.3 is 21.1 Å². The molecule has 0 aliphatic rings. The Balaban J connectivity index is 2.55. The van der Waals surface area contributed by atoms with Gasteiger partial charge in [0.25, 0.3) is 5.91 Å². The maximum absolute atomic E-state index is 11.7. The first kappa shape index (κ1) is 15.3. The summed E-state index contributed by atoms with van der Waals surface area (Å²) in [6, 6.07) is 5.27. The highest BCUT2D eigenvalue weighted by molar-refractivity contribution is 6.00. The van der Waals surface area contributed by atoms with Gasteiger partial charge in [0.2, 0.25) is 0 Å². The van der Waals surface area contributed by atoms with E-state index in [0.717, 1.165) is 18.7 Å². The van der Waals surface area contributed by atoms with Crippen molar-refractivity contribution in [3.63, 3.8) is 0 Å². The first-order valence-corrected chi connectivity index (χ1v) is 6.51. The Bertz CT molecular complexity index is 419. The molecule has 1 aromatic carbocycles. The lowest BCUT2D eigenvalue weighted by atomic mass is 10.1. The van der Waals surface area contributed by atoms with E-state index in [0.29, 0.717) is 17.9 Å². The van der Waals surface area contributed by atoms with Crippen molar-refractivity contribution in [2.24, 2.45) is 0 Å². The third kappa shape index (κ3) is 5.18. The van der Waals surface area contributed by atoms with Gasteiger partial charge in [-0.15, -0.1) is 0 Å². The molecule has 0 unspecified atom stereocenters. The van der Waals surface area contributed by atoms with Crippen LogP contribution in [0, 0.1) is 0 Å². The van der Waals surface area contributed by atoms with Gasteiger partial charge in [-0.2, -0.15) is 0 Å². The first-order valence-electron chi connectivity index (χ1n) is 6.51. The third-order valence-electron chi connectivity index (χ3n) is 2.60. The SMILES string of the molecule is CNC(=O)c1cc(N)ccc1NCCCOC(C)C. The molecule has 0 saturated heterocycles. The monoisotopic (exact) mass is 265 g/mol. The van der Waals surface area contributed by atoms with Crippen LogP contribution in [0.1, 0.15) is 30.6 Å². The maximum atomic E-state index is 11.7. The zero-order chi connectivity index (χ0) is 14.3. The second-order valence-corrected chi connectivity index (χ2v) is 4.58. The molecule has 1 aromatic rings. The van der Waals surface area contributed by atoms with E-state index in [1.54, 1.807) is 19.2 Å². The fraction of sp³-hybridized carbons (Fsp3) is 0.500. The summed E-state index contributed by atoms with van der Waals surface area (Å²) in [5.41, 5.74) is 7.63. The van der Waals surface area contributed by atoms with Crippen LogP contribution in [-0.4, -0.2) is 32.2 Å². The third-order valence-corrected chi connectivity index (χ3v) is 2.60. The predicted molar refractivity (Wildman–Crippen MR) is 78.4 cm³/mol. The average Bonchev–Trinajstić information content (AvgIpc) is 2.38. The van der Waals surface area contributed by atoms with E-state index in [-0.39, 0.29) is 12.0 Å². The Morgan fingerprint density at radius 2 is 2.16 bits per heavy atom. The van der Waals surface area contributed by atoms with Gasteiger partial charge in [-0.05, 0) is 38.5 Å². The molecule has 0 saturated carbocycles. The molecule has 0 fully saturated rings. The molecule has 106 valence electrons. The molecule has 1 amide bonds. The standard InChI is InChI=1S/C14H23N3O2/c1-10(2)19-8-4-7-17-13-6-5-11(15)9-12(13)14(18)16-3/h5-6,9-10,17H,4,7-8,15H2,1-3H3,(H,16,18). The van der Waals surface area contributed by atoms with Crippen molar-refractivity contribution in [1.29, 1.82) is 0 Å². The van der Waals surface area contributed by atoms with Crippen LogP contribution in [0.2, 0.25) is 0 Å². The predicted octanol–water partition coefficient (Wildman–Crippen LogP) is 1.86. The molecule has 0 spiro atoms. The number of carbonyl (C=O) groups is 1. The number of carbonyl (C=O) groups excluding carboxylic acids is 1. The largest absolute Gasteiger partial charge is 0.399 e. The summed E-state index contributed by atoms with van der Waals surface area (Å²) in [5.74, 6) is -0.145. The molecule has 19 heavy (non-hydrogen) atoms. The molecule has 0 atom stereocenters. The van der Waals surface area contributed by atoms with Crippen molar-refractivity contribution in [2.75, 3.05) is 31.2 Å². The zero-order valence-corrected chi connectivity index (χ0v) is 11.8. The van der Waals surface area contributed by atoms with Crippen LogP contribution < -0.4 is 16.4 Å². The smallest absolute Gasteiger partial charge is 0.253 e. The van der Waals surface area contributed by atoms with Crippen LogP contribution in [0.15, 0.2) is 18.2 Å². The Kier molecular flexibility index (Phi) is 6.15. The van der Waals surface area contributed by atoms with Crippen LogP contribution in [0.25, 0.3) is 0 Å². The van der Waals surface area contributed by atoms with E-state index in [4.69, 9.17) is 10.5 Å². The van der Waals surface area contributed by atoms with Gasteiger partial charge in [0, 0.05) is 31.6 Å². The summed E-state index contributed by atoms with van der Waals surface area (Å²) < 4.78 is 5.46. The Morgan fingerprint density at radius 3 is 2.79 bits per heavy atom. The summed E-state index contributed by atoms with van der Waals surface area (Å²) in [4.78, 5) is 11.7. The Hall–Kier alpha value is -1.75. The van der Waals surface area contributed by atoms with E-state index in [1.165, 1.54) is 0 Å². The topological polar surface area (TPSA) is 76.4 Å². The van der Waals surface area contributed by atoms with Gasteiger partial charge in [-0.1, -0.05) is 0 Å². The van der Waals surface area contributed by atoms with Crippen molar-refractivity contribution in [1.82, 2.24) is 5.32 Å². The van der Waals surface area contributed by atoms with Gasteiger partial charge in [0.1, 0.15) is 0 Å². The fourth-order valence-corrected chi connectivity index (χ4v) is 1.65. The number of rotatable bonds is 7. The van der Waals surface area contributed by atoms with Crippen LogP contribution in [0.3, 0.4) is 0 Å². The molecule has 1 rings (SSSR count). The fourth-order valence-electron chi connectivity index (χ4n) is 1.65. The second kappa shape index (κ2) is 7.63. The molecule has 0 aliphatic carbocycles. The summed E-state index contributed by atoms with van der Waals surface area (Å²) in [6.07, 6.45) is 1.13. The minimum Gasteiger partial charge on any atom is -0.399 e. The summed E-state index contributed by atoms with van der Waals surface area (Å²) in [5, 5.41) is 5.84. The van der Waals surface area contributed by atoms with Gasteiger partial charge in [0.15, 0.2) is 0 Å². The number of anilines is 2. The number of nitrogens with two attached hydrogens (primary N) is 1. The van der Waals surface area contributed by atoms with Crippen molar-refractivity contribution in [3.05, 3.63) is 23.8 Å². The van der Waals surface area contributed by atoms with Crippen molar-refractivity contribution >= 4 is 17.3 Å². The molecular weight excluding hydrogens is 242 g/mol. The maximum Gasteiger partial charge on any atom is 0.253 e. The number of nitrogens with one attached hydrogen (secondary N) is 2. The molecule has 4 N–H and O–H groups in total. The molecule has 5 nitrogen and oxygen atoms in total. The molecule has 0 radical (unpaired) electrons. The van der Waals surface area contributed by atoms with E-state index in [1.807, 2.05) is 19.9 Å². The average molecular weight is 265 g/mol. The first-order chi connectivity index (χ1) is 9.04. The van der Waals surface area contributed by atoms with Gasteiger partial charge in [-0.25, -0.2) is 0 Å². The number of hydrogen-bond donors (Lipinski definition) is 3. The summed E-state index contributed by atoms with van der Waals surface area (Å²) >= 11 is 0. The minimum absolute atomic E-state index is 0.145. The van der Waals surface area contributed by atoms with Gasteiger partial charge in [0.05, 0.1) is 11.7 Å². The van der Waals surface area contributed by atoms with Crippen LogP contribution in [0.5, 0.6) is 0 Å². The number of ether oxygens (including phenoxy) is 1. The summed E-state index contributed by atoms with van der Waals surface area (Å²) in [7, 11) is 1.60. The van der Waals surface area contributed by atoms with E-state index < -0.39 is 0 Å². The molecule has 0 bridgehead atoms. The highest BCUT2D eigenvalue weighted by Crippen LogP contribution is 2.18. The molecule has 5 heteroatoms. The van der Waals surface area contributed by atoms with Crippen LogP contribution >= 0.6 is 0 Å². The van der Waals surface area contributed by atoms with Gasteiger partial charge >= 0.3 is 0 Å². The number of benzene rings is 1. The van der Waals surface area contributed by atoms with Crippen LogP contribution in [-0.2, 0) is 4.74 Å². The lowest BCUT2D eigenvalue weighted by Gasteiger charge is -2.12. The Morgan fingerprint density at radius 1 is 1.42 bits per heavy atom. The van der Waals surface area contributed by atoms with E-state index in [2.05, 4.69) is 10.6 Å². The normalized spacial score (nSPS) is 10.5. The lowest BCUT2D eigenvalue weighted by Crippen LogP contribution is -2.20. The molecule has 0 aromatic heterocycles. The molecular formula is C14H23N3O2. The van der Waals surface area contributed by atoms with Gasteiger partial charge in [-0.3, -0.25) is 4.79 Å². The number of amides is 1. The zero-order valence-electron chi connectivity index (χ0n) is 11.8. The van der Waals surface area contributed by atoms with E-state index in [9.17, 15) is 4.79 Å². The van der Waals surface area contributed by atoms with Crippen molar-refractivity contribution in [3.8, 4) is 0 Å². The molecule has 0 aliphatic heterocycles. The summed E-state index contributed by atoms with van der Waals surface area (Å²) in [6.45, 7) is 5.48. The highest BCUT2D eigenvalue weighted by Gasteiger charge is 2.09. The van der Waals surface area contributed by atoms with E-state index >= 15 is 0 Å². The second-order valence-electron chi connectivity index (χ2n) is 4.58. The molecule has 0 heterocycles. The van der Waals surface area contributed by atoms with Crippen molar-refractivity contribution in [2.45, 2.75) is 26.4 Å². The highest BCUT2D eigenvalue weighted by atomic mass is 16.5.